The molecule has 0 spiro atoms. The molecule has 0 amide bonds. The van der Waals surface area contributed by atoms with Crippen molar-refractivity contribution in [3.63, 3.8) is 0 Å². The number of aromatic nitrogens is 3. The summed E-state index contributed by atoms with van der Waals surface area (Å²) in [5.41, 5.74) is 1.94. The van der Waals surface area contributed by atoms with Crippen LogP contribution < -0.4 is 4.90 Å². The summed E-state index contributed by atoms with van der Waals surface area (Å²) in [5, 5.41) is 15.2. The summed E-state index contributed by atoms with van der Waals surface area (Å²) >= 11 is 5.86. The first-order valence-electron chi connectivity index (χ1n) is 7.68. The van der Waals surface area contributed by atoms with Crippen molar-refractivity contribution >= 4 is 23.1 Å². The Bertz CT molecular complexity index is 992. The van der Waals surface area contributed by atoms with Gasteiger partial charge in [-0.15, -0.1) is 0 Å². The fourth-order valence-electron chi connectivity index (χ4n) is 2.98. The number of nitro groups is 1. The van der Waals surface area contributed by atoms with Gasteiger partial charge in [0, 0.05) is 17.7 Å². The summed E-state index contributed by atoms with van der Waals surface area (Å²) in [6.07, 6.45) is 1.73. The highest BCUT2D eigenvalue weighted by atomic mass is 35.5. The summed E-state index contributed by atoms with van der Waals surface area (Å²) in [5.74, 6) is 0.392. The molecule has 1 aromatic carbocycles. The Kier molecular flexibility index (Phi) is 4.00. The third-order valence-corrected chi connectivity index (χ3v) is 4.47. The van der Waals surface area contributed by atoms with Gasteiger partial charge in [-0.3, -0.25) is 10.1 Å². The molecular weight excluding hydrogens is 365 g/mol. The van der Waals surface area contributed by atoms with Gasteiger partial charge in [0.15, 0.2) is 5.76 Å². The van der Waals surface area contributed by atoms with Crippen molar-refractivity contribution in [2.24, 2.45) is 0 Å². The second-order valence-electron chi connectivity index (χ2n) is 5.71. The molecule has 1 aliphatic rings. The second-order valence-corrected chi connectivity index (χ2v) is 6.07. The zero-order valence-electron chi connectivity index (χ0n) is 13.2. The highest BCUT2D eigenvalue weighted by molar-refractivity contribution is 6.31. The lowest BCUT2D eigenvalue weighted by atomic mass is 10.0. The van der Waals surface area contributed by atoms with E-state index < -0.39 is 4.92 Å². The largest absolute Gasteiger partial charge is 0.356 e. The molecule has 2 aromatic heterocycles. The van der Waals surface area contributed by atoms with Gasteiger partial charge in [-0.25, -0.2) is 14.4 Å². The zero-order chi connectivity index (χ0) is 18.3. The summed E-state index contributed by atoms with van der Waals surface area (Å²) in [7, 11) is 0. The number of hydrogen-bond acceptors (Lipinski definition) is 7. The molecule has 4 rings (SSSR count). The number of nitrogens with zero attached hydrogens (tertiary/aromatic N) is 5. The molecule has 0 atom stereocenters. The fraction of sp³-hybridized carbons (Fsp3) is 0.188. The van der Waals surface area contributed by atoms with Crippen LogP contribution in [0.15, 0.2) is 35.1 Å². The van der Waals surface area contributed by atoms with Crippen molar-refractivity contribution in [1.29, 1.82) is 0 Å². The summed E-state index contributed by atoms with van der Waals surface area (Å²) in [4.78, 5) is 20.1. The Morgan fingerprint density at radius 3 is 2.77 bits per heavy atom. The lowest BCUT2D eigenvalue weighted by molar-refractivity contribution is -0.384. The van der Waals surface area contributed by atoms with Gasteiger partial charge in [-0.05, 0) is 30.7 Å². The average molecular weight is 376 g/mol. The number of rotatable bonds is 3. The van der Waals surface area contributed by atoms with Gasteiger partial charge in [0.2, 0.25) is 11.0 Å². The first-order valence-corrected chi connectivity index (χ1v) is 8.05. The maximum absolute atomic E-state index is 13.1. The van der Waals surface area contributed by atoms with Crippen molar-refractivity contribution < 1.29 is 13.8 Å². The van der Waals surface area contributed by atoms with Gasteiger partial charge >= 0.3 is 5.69 Å². The quantitative estimate of drug-likeness (QED) is 0.393. The van der Waals surface area contributed by atoms with E-state index in [4.69, 9.17) is 16.1 Å². The van der Waals surface area contributed by atoms with Crippen LogP contribution in [0.25, 0.3) is 11.3 Å². The lowest BCUT2D eigenvalue weighted by Crippen LogP contribution is -2.31. The van der Waals surface area contributed by atoms with E-state index in [2.05, 4.69) is 15.1 Å². The number of halogens is 2. The smallest absolute Gasteiger partial charge is 0.348 e. The third-order valence-electron chi connectivity index (χ3n) is 4.19. The van der Waals surface area contributed by atoms with Crippen LogP contribution in [0.3, 0.4) is 0 Å². The van der Waals surface area contributed by atoms with E-state index in [1.54, 1.807) is 17.0 Å². The number of benzene rings is 1. The molecule has 8 nitrogen and oxygen atoms in total. The van der Waals surface area contributed by atoms with Crippen molar-refractivity contribution in [3.05, 3.63) is 62.9 Å². The van der Waals surface area contributed by atoms with E-state index in [-0.39, 0.29) is 29.0 Å². The predicted molar refractivity (Wildman–Crippen MR) is 90.3 cm³/mol. The SMILES string of the molecule is O=[N+]([O-])c1c(Cl)ncnc1N1CCc2c(noc2-c2ccc(F)cc2)C1. The number of hydrogen-bond donors (Lipinski definition) is 0. The maximum Gasteiger partial charge on any atom is 0.348 e. The third kappa shape index (κ3) is 2.76. The normalized spacial score (nSPS) is 13.5. The minimum absolute atomic E-state index is 0.145. The topological polar surface area (TPSA) is 98.2 Å². The molecule has 0 aliphatic carbocycles. The fourth-order valence-corrected chi connectivity index (χ4v) is 3.17. The first-order chi connectivity index (χ1) is 12.5. The summed E-state index contributed by atoms with van der Waals surface area (Å²) in [6.45, 7) is 0.755. The summed E-state index contributed by atoms with van der Waals surface area (Å²) in [6, 6.07) is 5.95. The monoisotopic (exact) mass is 375 g/mol. The van der Waals surface area contributed by atoms with Gasteiger partial charge < -0.3 is 9.42 Å². The number of anilines is 1. The Balaban J connectivity index is 1.67. The van der Waals surface area contributed by atoms with Crippen molar-refractivity contribution in [3.8, 4) is 11.3 Å². The second kappa shape index (κ2) is 6.34. The molecular formula is C16H11ClFN5O3. The minimum Gasteiger partial charge on any atom is -0.356 e. The van der Waals surface area contributed by atoms with Crippen molar-refractivity contribution in [2.45, 2.75) is 13.0 Å². The summed E-state index contributed by atoms with van der Waals surface area (Å²) < 4.78 is 18.5. The van der Waals surface area contributed by atoms with Crippen molar-refractivity contribution in [2.75, 3.05) is 11.4 Å². The molecule has 10 heteroatoms. The van der Waals surface area contributed by atoms with Crippen molar-refractivity contribution in [1.82, 2.24) is 15.1 Å². The van der Waals surface area contributed by atoms with E-state index in [0.29, 0.717) is 24.4 Å². The Morgan fingerprint density at radius 2 is 2.04 bits per heavy atom. The highest BCUT2D eigenvalue weighted by Gasteiger charge is 2.31. The molecule has 0 radical (unpaired) electrons. The van der Waals surface area contributed by atoms with Gasteiger partial charge in [0.05, 0.1) is 11.5 Å². The van der Waals surface area contributed by atoms with Crippen LogP contribution in [0.4, 0.5) is 15.9 Å². The van der Waals surface area contributed by atoms with Gasteiger partial charge in [0.1, 0.15) is 17.8 Å². The molecule has 132 valence electrons. The zero-order valence-corrected chi connectivity index (χ0v) is 14.0. The highest BCUT2D eigenvalue weighted by Crippen LogP contribution is 2.36. The van der Waals surface area contributed by atoms with Crippen LogP contribution in [-0.2, 0) is 13.0 Å². The van der Waals surface area contributed by atoms with Crippen LogP contribution >= 0.6 is 11.6 Å². The van der Waals surface area contributed by atoms with Crippen LogP contribution in [0.2, 0.25) is 5.15 Å². The molecule has 0 fully saturated rings. The van der Waals surface area contributed by atoms with E-state index in [1.165, 1.54) is 18.5 Å². The molecule has 0 bridgehead atoms. The van der Waals surface area contributed by atoms with Crippen LogP contribution in [0.5, 0.6) is 0 Å². The van der Waals surface area contributed by atoms with Crippen LogP contribution in [0, 0.1) is 15.9 Å². The molecule has 0 N–H and O–H groups in total. The molecule has 0 unspecified atom stereocenters. The maximum atomic E-state index is 13.1. The van der Waals surface area contributed by atoms with Crippen LogP contribution in [-0.4, -0.2) is 26.6 Å². The van der Waals surface area contributed by atoms with E-state index >= 15 is 0 Å². The molecule has 3 heterocycles. The first kappa shape index (κ1) is 16.4. The predicted octanol–water partition coefficient (Wildman–Crippen LogP) is 3.40. The Hall–Kier alpha value is -3.07. The van der Waals surface area contributed by atoms with Gasteiger partial charge in [0.25, 0.3) is 0 Å². The van der Waals surface area contributed by atoms with E-state index in [0.717, 1.165) is 11.1 Å². The molecule has 1 aliphatic heterocycles. The van der Waals surface area contributed by atoms with Gasteiger partial charge in [-0.2, -0.15) is 0 Å². The Labute approximate surface area is 151 Å². The standard InChI is InChI=1S/C16H11ClFN5O3/c17-15-13(23(24)25)16(20-8-19-15)22-6-5-11-12(7-22)21-26-14(11)9-1-3-10(18)4-2-9/h1-4,8H,5-7H2. The average Bonchev–Trinajstić information content (AvgIpc) is 3.05. The molecule has 0 saturated carbocycles. The van der Waals surface area contributed by atoms with E-state index in [9.17, 15) is 14.5 Å². The molecule has 0 saturated heterocycles. The Morgan fingerprint density at radius 1 is 1.27 bits per heavy atom. The number of fused-ring (bicyclic) bond motifs is 1. The van der Waals surface area contributed by atoms with E-state index in [1.807, 2.05) is 0 Å². The minimum atomic E-state index is -0.597. The molecule has 3 aromatic rings. The lowest BCUT2D eigenvalue weighted by Gasteiger charge is -2.26. The van der Waals surface area contributed by atoms with Crippen LogP contribution in [0.1, 0.15) is 11.3 Å². The molecule has 26 heavy (non-hydrogen) atoms. The van der Waals surface area contributed by atoms with Gasteiger partial charge in [-0.1, -0.05) is 16.8 Å².